The van der Waals surface area contributed by atoms with Crippen molar-refractivity contribution in [3.63, 3.8) is 0 Å². The van der Waals surface area contributed by atoms with E-state index in [-0.39, 0.29) is 0 Å². The Labute approximate surface area is 220 Å². The first kappa shape index (κ1) is 25.3. The first-order chi connectivity index (χ1) is 17.5. The second-order valence-electron chi connectivity index (χ2n) is 8.92. The lowest BCUT2D eigenvalue weighted by molar-refractivity contribution is 0.190. The molecular formula is C25H31ClN6O3S. The normalized spacial score (nSPS) is 24.9. The van der Waals surface area contributed by atoms with E-state index in [2.05, 4.69) is 14.9 Å². The van der Waals surface area contributed by atoms with Crippen molar-refractivity contribution in [3.8, 4) is 17.2 Å². The molecule has 0 bridgehead atoms. The number of ether oxygens (including phenoxy) is 3. The highest BCUT2D eigenvalue weighted by Crippen LogP contribution is 2.56. The van der Waals surface area contributed by atoms with Crippen molar-refractivity contribution in [1.29, 1.82) is 0 Å². The van der Waals surface area contributed by atoms with Gasteiger partial charge >= 0.3 is 0 Å². The van der Waals surface area contributed by atoms with Gasteiger partial charge in [-0.05, 0) is 49.8 Å². The molecule has 36 heavy (non-hydrogen) atoms. The fourth-order valence-electron chi connectivity index (χ4n) is 4.97. The van der Waals surface area contributed by atoms with Crippen molar-refractivity contribution in [2.45, 2.75) is 29.3 Å². The number of nitrogens with two attached hydrogens (primary N) is 2. The number of fused-ring (bicyclic) bond motifs is 1. The van der Waals surface area contributed by atoms with Crippen molar-refractivity contribution in [1.82, 2.24) is 19.3 Å². The van der Waals surface area contributed by atoms with Crippen LogP contribution in [0.2, 0.25) is 0 Å². The number of halogens is 1. The summed E-state index contributed by atoms with van der Waals surface area (Å²) in [4.78, 5) is 11.5. The molecule has 2 fully saturated rings. The number of benzene rings is 2. The Bertz CT molecular complexity index is 1230. The van der Waals surface area contributed by atoms with Gasteiger partial charge in [-0.2, -0.15) is 4.42 Å². The lowest BCUT2D eigenvalue weighted by atomic mass is 9.92. The monoisotopic (exact) mass is 530 g/mol. The molecule has 5 rings (SSSR count). The molecule has 0 saturated carbocycles. The van der Waals surface area contributed by atoms with Gasteiger partial charge in [0.15, 0.2) is 11.5 Å². The van der Waals surface area contributed by atoms with Gasteiger partial charge in [-0.15, -0.1) is 11.8 Å². The topological polar surface area (TPSA) is 112 Å². The minimum atomic E-state index is -1.20. The number of nitrogens with zero attached hydrogens (tertiary/aromatic N) is 4. The highest BCUT2D eigenvalue weighted by atomic mass is 35.5. The quantitative estimate of drug-likeness (QED) is 0.420. The van der Waals surface area contributed by atoms with Gasteiger partial charge in [0.25, 0.3) is 0 Å². The molecule has 4 N–H and O–H groups in total. The SMILES string of the molecule is COc1cc2ncnc(C3SC(N)N(Cl)C3(N)c3ccccc3OCCN3CCCC3)c2cc1OC. The van der Waals surface area contributed by atoms with Crippen LogP contribution in [0, 0.1) is 0 Å². The first-order valence-electron chi connectivity index (χ1n) is 11.9. The highest BCUT2D eigenvalue weighted by molar-refractivity contribution is 8.00. The molecule has 1 aromatic heterocycles. The fourth-order valence-corrected chi connectivity index (χ4v) is 6.68. The number of rotatable bonds is 8. The van der Waals surface area contributed by atoms with Crippen molar-refractivity contribution >= 4 is 34.4 Å². The summed E-state index contributed by atoms with van der Waals surface area (Å²) in [6.45, 7) is 3.66. The van der Waals surface area contributed by atoms with Crippen molar-refractivity contribution in [3.05, 3.63) is 54.0 Å². The number of methoxy groups -OCH3 is 2. The van der Waals surface area contributed by atoms with E-state index < -0.39 is 16.4 Å². The molecule has 11 heteroatoms. The van der Waals surface area contributed by atoms with Crippen LogP contribution in [0.25, 0.3) is 10.9 Å². The van der Waals surface area contributed by atoms with Crippen LogP contribution in [0.4, 0.5) is 0 Å². The number of hydrogen-bond donors (Lipinski definition) is 2. The van der Waals surface area contributed by atoms with Gasteiger partial charge in [0.1, 0.15) is 29.8 Å². The number of likely N-dealkylation sites (tertiary alicyclic amines) is 1. The Balaban J connectivity index is 1.55. The van der Waals surface area contributed by atoms with E-state index in [0.717, 1.165) is 30.6 Å². The summed E-state index contributed by atoms with van der Waals surface area (Å²) in [5.41, 5.74) is 14.0. The van der Waals surface area contributed by atoms with Gasteiger partial charge in [0.05, 0.1) is 30.7 Å². The van der Waals surface area contributed by atoms with Crippen molar-refractivity contribution < 1.29 is 14.2 Å². The van der Waals surface area contributed by atoms with Gasteiger partial charge in [0.2, 0.25) is 0 Å². The smallest absolute Gasteiger partial charge is 0.162 e. The molecule has 192 valence electrons. The van der Waals surface area contributed by atoms with Crippen LogP contribution in [0.5, 0.6) is 17.2 Å². The minimum Gasteiger partial charge on any atom is -0.493 e. The Hall–Kier alpha value is -2.34. The Morgan fingerprint density at radius 1 is 1.08 bits per heavy atom. The molecule has 3 heterocycles. The summed E-state index contributed by atoms with van der Waals surface area (Å²) in [6.07, 6.45) is 4.00. The number of hydrogen-bond acceptors (Lipinski definition) is 10. The number of thioether (sulfide) groups is 1. The van der Waals surface area contributed by atoms with Crippen LogP contribution < -0.4 is 25.7 Å². The second kappa shape index (κ2) is 10.6. The number of aromatic nitrogens is 2. The maximum Gasteiger partial charge on any atom is 0.162 e. The lowest BCUT2D eigenvalue weighted by Gasteiger charge is -2.36. The van der Waals surface area contributed by atoms with E-state index in [1.165, 1.54) is 35.3 Å². The summed E-state index contributed by atoms with van der Waals surface area (Å²) in [7, 11) is 3.19. The number of para-hydroxylation sites is 1. The molecule has 2 aliphatic heterocycles. The van der Waals surface area contributed by atoms with Gasteiger partial charge in [-0.25, -0.2) is 9.97 Å². The zero-order chi connectivity index (χ0) is 25.3. The van der Waals surface area contributed by atoms with Crippen LogP contribution in [-0.2, 0) is 5.66 Å². The Morgan fingerprint density at radius 2 is 1.81 bits per heavy atom. The molecule has 3 unspecified atom stereocenters. The average molecular weight is 531 g/mol. The molecule has 9 nitrogen and oxygen atoms in total. The van der Waals surface area contributed by atoms with Crippen molar-refractivity contribution in [2.75, 3.05) is 40.5 Å². The van der Waals surface area contributed by atoms with Crippen LogP contribution in [0.1, 0.15) is 29.3 Å². The molecule has 2 saturated heterocycles. The van der Waals surface area contributed by atoms with E-state index in [9.17, 15) is 0 Å². The predicted octanol–water partition coefficient (Wildman–Crippen LogP) is 3.42. The molecule has 3 aromatic rings. The van der Waals surface area contributed by atoms with E-state index in [1.807, 2.05) is 36.4 Å². The zero-order valence-corrected chi connectivity index (χ0v) is 22.0. The largest absolute Gasteiger partial charge is 0.493 e. The van der Waals surface area contributed by atoms with Gasteiger partial charge in [0, 0.05) is 23.6 Å². The van der Waals surface area contributed by atoms with E-state index >= 15 is 0 Å². The van der Waals surface area contributed by atoms with Crippen LogP contribution in [0.15, 0.2) is 42.7 Å². The molecule has 0 spiro atoms. The zero-order valence-electron chi connectivity index (χ0n) is 20.4. The van der Waals surface area contributed by atoms with Crippen molar-refractivity contribution in [2.24, 2.45) is 11.5 Å². The first-order valence-corrected chi connectivity index (χ1v) is 13.2. The molecule has 0 amide bonds. The lowest BCUT2D eigenvalue weighted by Crippen LogP contribution is -2.51. The summed E-state index contributed by atoms with van der Waals surface area (Å²) in [5, 5.41) is 0.367. The third kappa shape index (κ3) is 4.46. The molecule has 3 atom stereocenters. The van der Waals surface area contributed by atoms with Gasteiger partial charge < -0.3 is 25.7 Å². The Morgan fingerprint density at radius 3 is 2.56 bits per heavy atom. The van der Waals surface area contributed by atoms with Gasteiger partial charge in [-0.1, -0.05) is 18.2 Å². The molecule has 0 aliphatic carbocycles. The van der Waals surface area contributed by atoms with Crippen LogP contribution in [-0.4, -0.2) is 65.2 Å². The standard InChI is InChI=1S/C25H31ClN6O3S/c1-33-20-13-16-18(14-21(20)34-2)29-15-30-22(16)23-25(28,32(26)24(27)36-23)17-7-3-4-8-19(17)35-12-11-31-9-5-6-10-31/h3-4,7-8,13-15,23-24H,5-6,9-12,27-28H2,1-2H3. The van der Waals surface area contributed by atoms with Crippen LogP contribution in [0.3, 0.4) is 0 Å². The van der Waals surface area contributed by atoms with Crippen LogP contribution >= 0.6 is 23.5 Å². The molecule has 0 radical (unpaired) electrons. The maximum absolute atomic E-state index is 7.19. The van der Waals surface area contributed by atoms with E-state index in [4.69, 9.17) is 37.5 Å². The minimum absolute atomic E-state index is 0.420. The molecule has 2 aliphatic rings. The average Bonchev–Trinajstić information content (AvgIpc) is 3.50. The predicted molar refractivity (Wildman–Crippen MR) is 142 cm³/mol. The summed E-state index contributed by atoms with van der Waals surface area (Å²) in [5.74, 6) is 1.84. The molecule has 2 aromatic carbocycles. The summed E-state index contributed by atoms with van der Waals surface area (Å²) in [6, 6.07) is 11.4. The second-order valence-corrected chi connectivity index (χ2v) is 10.5. The summed E-state index contributed by atoms with van der Waals surface area (Å²) >= 11 is 8.27. The third-order valence-electron chi connectivity index (χ3n) is 6.85. The Kier molecular flexibility index (Phi) is 7.43. The summed E-state index contributed by atoms with van der Waals surface area (Å²) < 4.78 is 18.7. The molecular weight excluding hydrogens is 500 g/mol. The fraction of sp³-hybridized carbons (Fsp3) is 0.440. The third-order valence-corrected chi connectivity index (χ3v) is 8.80. The van der Waals surface area contributed by atoms with E-state index in [0.29, 0.717) is 35.1 Å². The highest BCUT2D eigenvalue weighted by Gasteiger charge is 2.54. The van der Waals surface area contributed by atoms with Gasteiger partial charge in [-0.3, -0.25) is 4.90 Å². The van der Waals surface area contributed by atoms with E-state index in [1.54, 1.807) is 14.2 Å². The maximum atomic E-state index is 7.19.